The van der Waals surface area contributed by atoms with Crippen LogP contribution in [0.2, 0.25) is 0 Å². The van der Waals surface area contributed by atoms with Crippen LogP contribution in [-0.4, -0.2) is 36.2 Å². The molecule has 1 saturated heterocycles. The molecule has 0 spiro atoms. The molecule has 1 saturated carbocycles. The van der Waals surface area contributed by atoms with E-state index in [4.69, 9.17) is 10.00 Å². The normalized spacial score (nSPS) is 36.6. The highest BCUT2D eigenvalue weighted by Crippen LogP contribution is 2.30. The summed E-state index contributed by atoms with van der Waals surface area (Å²) in [5.41, 5.74) is 0. The number of hydrogen-bond donors (Lipinski definition) is 0. The van der Waals surface area contributed by atoms with Gasteiger partial charge in [-0.05, 0) is 26.2 Å². The van der Waals surface area contributed by atoms with Crippen molar-refractivity contribution in [2.45, 2.75) is 44.4 Å². The molecule has 0 amide bonds. The fraction of sp³-hybridized carbons (Fsp3) is 0.900. The van der Waals surface area contributed by atoms with E-state index in [1.165, 1.54) is 19.3 Å². The van der Waals surface area contributed by atoms with Crippen molar-refractivity contribution >= 4 is 0 Å². The molecule has 1 aliphatic carbocycles. The predicted molar refractivity (Wildman–Crippen MR) is 49.2 cm³/mol. The number of ether oxygens (including phenoxy) is 1. The summed E-state index contributed by atoms with van der Waals surface area (Å²) in [5.74, 6) is 0. The lowest BCUT2D eigenvalue weighted by atomic mass is 10.1. The summed E-state index contributed by atoms with van der Waals surface area (Å²) in [4.78, 5) is 2.31. The van der Waals surface area contributed by atoms with Crippen LogP contribution in [0.25, 0.3) is 0 Å². The van der Waals surface area contributed by atoms with Crippen LogP contribution in [0.1, 0.15) is 26.2 Å². The molecular formula is C10H16N2O. The third-order valence-electron chi connectivity index (χ3n) is 3.21. The van der Waals surface area contributed by atoms with E-state index in [0.29, 0.717) is 12.1 Å². The van der Waals surface area contributed by atoms with Crippen molar-refractivity contribution in [1.82, 2.24) is 4.90 Å². The molecule has 3 heteroatoms. The van der Waals surface area contributed by atoms with Gasteiger partial charge in [-0.3, -0.25) is 4.90 Å². The first-order valence-corrected chi connectivity index (χ1v) is 5.10. The lowest BCUT2D eigenvalue weighted by molar-refractivity contribution is -0.0619. The highest BCUT2D eigenvalue weighted by molar-refractivity contribution is 4.97. The molecule has 0 aromatic rings. The molecule has 3 unspecified atom stereocenters. The SMILES string of the molecule is CC(C#N)N1CCOC2CCCC21. The summed E-state index contributed by atoms with van der Waals surface area (Å²) in [7, 11) is 0. The molecule has 3 atom stereocenters. The topological polar surface area (TPSA) is 36.3 Å². The van der Waals surface area contributed by atoms with Gasteiger partial charge in [-0.25, -0.2) is 0 Å². The van der Waals surface area contributed by atoms with Gasteiger partial charge in [0.05, 0.1) is 24.8 Å². The molecular weight excluding hydrogens is 164 g/mol. The molecule has 1 aliphatic heterocycles. The van der Waals surface area contributed by atoms with Gasteiger partial charge in [0, 0.05) is 12.6 Å². The van der Waals surface area contributed by atoms with Crippen molar-refractivity contribution in [1.29, 1.82) is 5.26 Å². The van der Waals surface area contributed by atoms with Gasteiger partial charge in [0.2, 0.25) is 0 Å². The van der Waals surface area contributed by atoms with E-state index < -0.39 is 0 Å². The van der Waals surface area contributed by atoms with Crippen LogP contribution in [0.15, 0.2) is 0 Å². The Morgan fingerprint density at radius 2 is 2.38 bits per heavy atom. The first-order chi connectivity index (χ1) is 6.33. The van der Waals surface area contributed by atoms with Gasteiger partial charge in [0.25, 0.3) is 0 Å². The van der Waals surface area contributed by atoms with Crippen LogP contribution in [0.3, 0.4) is 0 Å². The van der Waals surface area contributed by atoms with Crippen LogP contribution in [-0.2, 0) is 4.74 Å². The smallest absolute Gasteiger partial charge is 0.0953 e. The van der Waals surface area contributed by atoms with Gasteiger partial charge in [0.1, 0.15) is 0 Å². The van der Waals surface area contributed by atoms with Crippen LogP contribution in [0.5, 0.6) is 0 Å². The van der Waals surface area contributed by atoms with Gasteiger partial charge in [0.15, 0.2) is 0 Å². The third kappa shape index (κ3) is 1.56. The molecule has 2 aliphatic rings. The summed E-state index contributed by atoms with van der Waals surface area (Å²) in [6, 6.07) is 2.89. The minimum absolute atomic E-state index is 0.0505. The second-order valence-electron chi connectivity index (χ2n) is 3.95. The zero-order valence-electron chi connectivity index (χ0n) is 8.07. The predicted octanol–water partition coefficient (Wildman–Crippen LogP) is 1.15. The molecule has 0 aromatic heterocycles. The van der Waals surface area contributed by atoms with Crippen LogP contribution in [0, 0.1) is 11.3 Å². The molecule has 0 bridgehead atoms. The average molecular weight is 180 g/mol. The Morgan fingerprint density at radius 1 is 1.54 bits per heavy atom. The number of hydrogen-bond acceptors (Lipinski definition) is 3. The minimum atomic E-state index is 0.0505. The Bertz CT molecular complexity index is 223. The van der Waals surface area contributed by atoms with E-state index in [0.717, 1.165) is 13.2 Å². The number of nitriles is 1. The lowest BCUT2D eigenvalue weighted by Crippen LogP contribution is -2.51. The Morgan fingerprint density at radius 3 is 3.15 bits per heavy atom. The summed E-state index contributed by atoms with van der Waals surface area (Å²) < 4.78 is 5.68. The molecule has 1 heterocycles. The maximum Gasteiger partial charge on any atom is 0.0953 e. The summed E-state index contributed by atoms with van der Waals surface area (Å²) in [5, 5.41) is 8.87. The molecule has 2 rings (SSSR count). The summed E-state index contributed by atoms with van der Waals surface area (Å²) >= 11 is 0. The summed E-state index contributed by atoms with van der Waals surface area (Å²) in [6.45, 7) is 3.71. The Kier molecular flexibility index (Phi) is 2.52. The molecule has 13 heavy (non-hydrogen) atoms. The van der Waals surface area contributed by atoms with Gasteiger partial charge < -0.3 is 4.74 Å². The average Bonchev–Trinajstić information content (AvgIpc) is 2.63. The largest absolute Gasteiger partial charge is 0.375 e. The van der Waals surface area contributed by atoms with E-state index in [1.807, 2.05) is 6.92 Å². The van der Waals surface area contributed by atoms with E-state index in [-0.39, 0.29) is 6.04 Å². The standard InChI is InChI=1S/C10H16N2O/c1-8(7-11)12-5-6-13-10-4-2-3-9(10)12/h8-10H,2-6H2,1H3. The Labute approximate surface area is 79.3 Å². The van der Waals surface area contributed by atoms with E-state index in [9.17, 15) is 0 Å². The molecule has 3 nitrogen and oxygen atoms in total. The molecule has 0 radical (unpaired) electrons. The quantitative estimate of drug-likeness (QED) is 0.607. The first kappa shape index (κ1) is 8.98. The van der Waals surface area contributed by atoms with Crippen molar-refractivity contribution in [3.8, 4) is 6.07 Å². The van der Waals surface area contributed by atoms with Crippen molar-refractivity contribution in [3.63, 3.8) is 0 Å². The third-order valence-corrected chi connectivity index (χ3v) is 3.21. The highest BCUT2D eigenvalue weighted by atomic mass is 16.5. The number of fused-ring (bicyclic) bond motifs is 1. The number of rotatable bonds is 1. The zero-order valence-corrected chi connectivity index (χ0v) is 8.07. The molecule has 0 N–H and O–H groups in total. The molecule has 72 valence electrons. The van der Waals surface area contributed by atoms with Crippen molar-refractivity contribution < 1.29 is 4.74 Å². The van der Waals surface area contributed by atoms with Crippen molar-refractivity contribution in [3.05, 3.63) is 0 Å². The van der Waals surface area contributed by atoms with Gasteiger partial charge in [-0.15, -0.1) is 0 Å². The Hall–Kier alpha value is -0.590. The van der Waals surface area contributed by atoms with E-state index in [1.54, 1.807) is 0 Å². The van der Waals surface area contributed by atoms with Crippen LogP contribution in [0.4, 0.5) is 0 Å². The second-order valence-corrected chi connectivity index (χ2v) is 3.95. The molecule has 0 aromatic carbocycles. The van der Waals surface area contributed by atoms with Crippen molar-refractivity contribution in [2.24, 2.45) is 0 Å². The van der Waals surface area contributed by atoms with Gasteiger partial charge >= 0.3 is 0 Å². The van der Waals surface area contributed by atoms with Gasteiger partial charge in [-0.1, -0.05) is 0 Å². The number of morpholine rings is 1. The second kappa shape index (κ2) is 3.65. The highest BCUT2D eigenvalue weighted by Gasteiger charge is 2.37. The summed E-state index contributed by atoms with van der Waals surface area (Å²) in [6.07, 6.45) is 4.05. The van der Waals surface area contributed by atoms with E-state index in [2.05, 4.69) is 11.0 Å². The van der Waals surface area contributed by atoms with Crippen LogP contribution >= 0.6 is 0 Å². The van der Waals surface area contributed by atoms with Gasteiger partial charge in [-0.2, -0.15) is 5.26 Å². The fourth-order valence-corrected chi connectivity index (χ4v) is 2.51. The monoisotopic (exact) mass is 180 g/mol. The lowest BCUT2D eigenvalue weighted by Gasteiger charge is -2.38. The Balaban J connectivity index is 2.06. The fourth-order valence-electron chi connectivity index (χ4n) is 2.51. The maximum atomic E-state index is 8.87. The number of nitrogens with zero attached hydrogens (tertiary/aromatic N) is 2. The first-order valence-electron chi connectivity index (χ1n) is 5.10. The zero-order chi connectivity index (χ0) is 9.26. The maximum absolute atomic E-state index is 8.87. The minimum Gasteiger partial charge on any atom is -0.375 e. The van der Waals surface area contributed by atoms with Crippen molar-refractivity contribution in [2.75, 3.05) is 13.2 Å². The van der Waals surface area contributed by atoms with E-state index >= 15 is 0 Å². The van der Waals surface area contributed by atoms with Crippen LogP contribution < -0.4 is 0 Å². The molecule has 2 fully saturated rings.